The Morgan fingerprint density at radius 1 is 1.10 bits per heavy atom. The highest BCUT2D eigenvalue weighted by molar-refractivity contribution is 7.92. The first-order chi connectivity index (χ1) is 13.8. The van der Waals surface area contributed by atoms with Crippen molar-refractivity contribution in [1.82, 2.24) is 0 Å². The molecule has 150 valence electrons. The van der Waals surface area contributed by atoms with Crippen LogP contribution in [0, 0.1) is 6.92 Å². The van der Waals surface area contributed by atoms with Gasteiger partial charge in [0.1, 0.15) is 5.75 Å². The summed E-state index contributed by atoms with van der Waals surface area (Å²) in [6.07, 6.45) is 0.606. The number of amides is 1. The minimum absolute atomic E-state index is 0.170. The Kier molecular flexibility index (Phi) is 4.92. The number of rotatable bonds is 3. The number of fused-ring (bicyclic) bond motifs is 2. The lowest BCUT2D eigenvalue weighted by atomic mass is 10.1. The molecule has 1 aliphatic rings. The number of nitrogens with zero attached hydrogens (tertiary/aromatic N) is 1. The molecule has 1 N–H and O–H groups in total. The summed E-state index contributed by atoms with van der Waals surface area (Å²) in [5.74, 6) is 0.0832. The fraction of sp³-hybridized carbons (Fsp3) is 0.227. The van der Waals surface area contributed by atoms with Crippen molar-refractivity contribution in [1.29, 1.82) is 0 Å². The lowest BCUT2D eigenvalue weighted by molar-refractivity contribution is -0.122. The number of hydrogen-bond acceptors (Lipinski definition) is 4. The summed E-state index contributed by atoms with van der Waals surface area (Å²) in [7, 11) is -3.49. The van der Waals surface area contributed by atoms with Crippen LogP contribution < -0.4 is 14.4 Å². The molecule has 0 aromatic heterocycles. The molecule has 0 saturated heterocycles. The van der Waals surface area contributed by atoms with Gasteiger partial charge in [-0.05, 0) is 36.1 Å². The number of carbonyl (C=O) groups is 1. The second kappa shape index (κ2) is 7.40. The zero-order valence-corrected chi connectivity index (χ0v) is 17.1. The van der Waals surface area contributed by atoms with Crippen molar-refractivity contribution in [3.63, 3.8) is 0 Å². The summed E-state index contributed by atoms with van der Waals surface area (Å²) in [5, 5.41) is 4.91. The van der Waals surface area contributed by atoms with Crippen molar-refractivity contribution in [2.45, 2.75) is 19.4 Å². The van der Waals surface area contributed by atoms with E-state index < -0.39 is 16.1 Å². The lowest BCUT2D eigenvalue weighted by Gasteiger charge is -2.21. The average molecular weight is 410 g/mol. The highest BCUT2D eigenvalue weighted by Crippen LogP contribution is 2.35. The highest BCUT2D eigenvalue weighted by Gasteiger charge is 2.31. The van der Waals surface area contributed by atoms with Crippen LogP contribution in [0.3, 0.4) is 0 Å². The van der Waals surface area contributed by atoms with Crippen molar-refractivity contribution < 1.29 is 17.9 Å². The monoisotopic (exact) mass is 410 g/mol. The van der Waals surface area contributed by atoms with Crippen LogP contribution in [-0.2, 0) is 14.8 Å². The SMILES string of the molecule is Cc1ccc2c(c1)N(S(C)(=O)=O)CC[C@H](C(=O)Nc1cccc3ccccc13)O2. The lowest BCUT2D eigenvalue weighted by Crippen LogP contribution is -2.36. The molecule has 1 aliphatic heterocycles. The van der Waals surface area contributed by atoms with Gasteiger partial charge in [0.15, 0.2) is 6.10 Å². The molecule has 3 aromatic carbocycles. The normalized spacial score (nSPS) is 16.6. The molecule has 1 atom stereocenters. The fourth-order valence-corrected chi connectivity index (χ4v) is 4.50. The van der Waals surface area contributed by atoms with Gasteiger partial charge in [-0.15, -0.1) is 0 Å². The van der Waals surface area contributed by atoms with Gasteiger partial charge in [-0.1, -0.05) is 42.5 Å². The van der Waals surface area contributed by atoms with E-state index in [9.17, 15) is 13.2 Å². The molecule has 1 amide bonds. The molecule has 6 nitrogen and oxygen atoms in total. The summed E-state index contributed by atoms with van der Waals surface area (Å²) in [6, 6.07) is 18.8. The number of aryl methyl sites for hydroxylation is 1. The van der Waals surface area contributed by atoms with E-state index in [0.29, 0.717) is 17.1 Å². The quantitative estimate of drug-likeness (QED) is 0.714. The minimum Gasteiger partial charge on any atom is -0.478 e. The van der Waals surface area contributed by atoms with E-state index in [0.717, 1.165) is 22.6 Å². The van der Waals surface area contributed by atoms with Gasteiger partial charge in [0, 0.05) is 24.0 Å². The third-order valence-electron chi connectivity index (χ3n) is 4.99. The molecular formula is C22H22N2O4S. The molecule has 0 fully saturated rings. The van der Waals surface area contributed by atoms with Crippen molar-refractivity contribution in [2.75, 3.05) is 22.4 Å². The van der Waals surface area contributed by atoms with Crippen LogP contribution in [0.4, 0.5) is 11.4 Å². The standard InChI is InChI=1S/C22H22N2O4S/c1-15-10-11-20-19(14-15)24(29(2,26)27)13-12-21(28-20)22(25)23-18-9-5-7-16-6-3-4-8-17(16)18/h3-11,14,21H,12-13H2,1-2H3,(H,23,25)/t21-/m1/s1. The molecule has 1 heterocycles. The van der Waals surface area contributed by atoms with Gasteiger partial charge in [-0.3, -0.25) is 9.10 Å². The Morgan fingerprint density at radius 3 is 2.66 bits per heavy atom. The van der Waals surface area contributed by atoms with Gasteiger partial charge in [0.25, 0.3) is 5.91 Å². The van der Waals surface area contributed by atoms with E-state index in [1.54, 1.807) is 12.1 Å². The molecule has 0 spiro atoms. The molecule has 29 heavy (non-hydrogen) atoms. The Hall–Kier alpha value is -3.06. The van der Waals surface area contributed by atoms with Gasteiger partial charge in [0.05, 0.1) is 11.9 Å². The van der Waals surface area contributed by atoms with E-state index >= 15 is 0 Å². The van der Waals surface area contributed by atoms with Crippen LogP contribution in [0.2, 0.25) is 0 Å². The van der Waals surface area contributed by atoms with E-state index in [-0.39, 0.29) is 18.9 Å². The van der Waals surface area contributed by atoms with Crippen LogP contribution in [0.5, 0.6) is 5.75 Å². The zero-order valence-electron chi connectivity index (χ0n) is 16.3. The topological polar surface area (TPSA) is 75.7 Å². The molecular weight excluding hydrogens is 388 g/mol. The number of anilines is 2. The number of sulfonamides is 1. The second-order valence-electron chi connectivity index (χ2n) is 7.22. The van der Waals surface area contributed by atoms with E-state index in [2.05, 4.69) is 5.32 Å². The summed E-state index contributed by atoms with van der Waals surface area (Å²) in [4.78, 5) is 13.0. The van der Waals surface area contributed by atoms with Crippen LogP contribution in [0.25, 0.3) is 10.8 Å². The fourth-order valence-electron chi connectivity index (χ4n) is 3.57. The predicted molar refractivity (Wildman–Crippen MR) is 115 cm³/mol. The third-order valence-corrected chi connectivity index (χ3v) is 6.17. The molecule has 7 heteroatoms. The van der Waals surface area contributed by atoms with E-state index in [4.69, 9.17) is 4.74 Å². The second-order valence-corrected chi connectivity index (χ2v) is 9.12. The molecule has 0 bridgehead atoms. The summed E-state index contributed by atoms with van der Waals surface area (Å²) < 4.78 is 31.9. The van der Waals surface area contributed by atoms with Crippen LogP contribution in [0.1, 0.15) is 12.0 Å². The molecule has 0 unspecified atom stereocenters. The van der Waals surface area contributed by atoms with Crippen molar-refractivity contribution in [3.8, 4) is 5.75 Å². The maximum absolute atomic E-state index is 13.0. The first-order valence-corrected chi connectivity index (χ1v) is 11.2. The number of ether oxygens (including phenoxy) is 1. The Labute approximate surface area is 170 Å². The van der Waals surface area contributed by atoms with Crippen LogP contribution >= 0.6 is 0 Å². The number of benzene rings is 3. The highest BCUT2D eigenvalue weighted by atomic mass is 32.2. The average Bonchev–Trinajstić information content (AvgIpc) is 2.87. The van der Waals surface area contributed by atoms with Crippen LogP contribution in [-0.4, -0.2) is 33.2 Å². The number of nitrogens with one attached hydrogen (secondary N) is 1. The van der Waals surface area contributed by atoms with Gasteiger partial charge < -0.3 is 10.1 Å². The number of carbonyl (C=O) groups excluding carboxylic acids is 1. The molecule has 0 aliphatic carbocycles. The third kappa shape index (κ3) is 3.91. The molecule has 0 radical (unpaired) electrons. The summed E-state index contributed by atoms with van der Waals surface area (Å²) in [6.45, 7) is 2.05. The maximum Gasteiger partial charge on any atom is 0.265 e. The molecule has 4 rings (SSSR count). The Morgan fingerprint density at radius 2 is 1.86 bits per heavy atom. The first kappa shape index (κ1) is 19.3. The van der Waals surface area contributed by atoms with Crippen molar-refractivity contribution in [2.24, 2.45) is 0 Å². The predicted octanol–water partition coefficient (Wildman–Crippen LogP) is 3.70. The van der Waals surface area contributed by atoms with Crippen molar-refractivity contribution >= 4 is 38.1 Å². The van der Waals surface area contributed by atoms with E-state index in [1.807, 2.05) is 55.5 Å². The van der Waals surface area contributed by atoms with Gasteiger partial charge in [-0.25, -0.2) is 8.42 Å². The summed E-state index contributed by atoms with van der Waals surface area (Å²) >= 11 is 0. The minimum atomic E-state index is -3.49. The molecule has 0 saturated carbocycles. The Balaban J connectivity index is 1.64. The number of hydrogen-bond donors (Lipinski definition) is 1. The molecule has 3 aromatic rings. The first-order valence-electron chi connectivity index (χ1n) is 9.36. The van der Waals surface area contributed by atoms with Crippen molar-refractivity contribution in [3.05, 3.63) is 66.2 Å². The smallest absolute Gasteiger partial charge is 0.265 e. The van der Waals surface area contributed by atoms with Gasteiger partial charge in [0.2, 0.25) is 10.0 Å². The largest absolute Gasteiger partial charge is 0.478 e. The van der Waals surface area contributed by atoms with Gasteiger partial charge in [-0.2, -0.15) is 0 Å². The maximum atomic E-state index is 13.0. The zero-order chi connectivity index (χ0) is 20.6. The van der Waals surface area contributed by atoms with Gasteiger partial charge >= 0.3 is 0 Å². The Bertz CT molecular complexity index is 1190. The van der Waals surface area contributed by atoms with Crippen LogP contribution in [0.15, 0.2) is 60.7 Å². The summed E-state index contributed by atoms with van der Waals surface area (Å²) in [5.41, 5.74) is 2.08. The van der Waals surface area contributed by atoms with E-state index in [1.165, 1.54) is 4.31 Å².